The molecule has 0 atom stereocenters. The molecule has 4 nitrogen and oxygen atoms in total. The minimum atomic E-state index is -0.0642. The Morgan fingerprint density at radius 1 is 1.41 bits per heavy atom. The monoisotopic (exact) mass is 238 g/mol. The molecule has 96 valence electrons. The molecule has 0 N–H and O–H groups in total. The van der Waals surface area contributed by atoms with Crippen molar-refractivity contribution in [2.45, 2.75) is 52.5 Å². The van der Waals surface area contributed by atoms with Crippen molar-refractivity contribution < 1.29 is 9.53 Å². The third-order valence-corrected chi connectivity index (χ3v) is 2.67. The van der Waals surface area contributed by atoms with Gasteiger partial charge in [-0.3, -0.25) is 4.79 Å². The number of nitrogens with zero attached hydrogens (tertiary/aromatic N) is 2. The van der Waals surface area contributed by atoms with Gasteiger partial charge in [0, 0.05) is 25.4 Å². The number of rotatable bonds is 8. The molecule has 1 rings (SSSR count). The predicted molar refractivity (Wildman–Crippen MR) is 66.7 cm³/mol. The Morgan fingerprint density at radius 2 is 2.24 bits per heavy atom. The summed E-state index contributed by atoms with van der Waals surface area (Å²) in [6.45, 7) is 5.53. The van der Waals surface area contributed by atoms with Gasteiger partial charge < -0.3 is 9.30 Å². The number of carbonyl (C=O) groups excluding carboxylic acids is 1. The van der Waals surface area contributed by atoms with E-state index in [1.807, 2.05) is 26.2 Å². The van der Waals surface area contributed by atoms with Gasteiger partial charge in [-0.2, -0.15) is 0 Å². The van der Waals surface area contributed by atoms with Gasteiger partial charge in [-0.25, -0.2) is 4.98 Å². The molecule has 0 radical (unpaired) electrons. The number of carbonyl (C=O) groups is 1. The number of aryl methyl sites for hydroxylation is 2. The minimum absolute atomic E-state index is 0.0642. The van der Waals surface area contributed by atoms with Crippen molar-refractivity contribution in [2.75, 3.05) is 6.61 Å². The van der Waals surface area contributed by atoms with E-state index in [0.717, 1.165) is 38.1 Å². The van der Waals surface area contributed by atoms with E-state index in [4.69, 9.17) is 4.74 Å². The fourth-order valence-electron chi connectivity index (χ4n) is 1.66. The molecule has 0 fully saturated rings. The molecule has 0 aliphatic carbocycles. The van der Waals surface area contributed by atoms with Gasteiger partial charge >= 0.3 is 5.97 Å². The van der Waals surface area contributed by atoms with Crippen LogP contribution in [0.3, 0.4) is 0 Å². The molecule has 0 saturated carbocycles. The summed E-state index contributed by atoms with van der Waals surface area (Å²) in [6.07, 6.45) is 8.30. The van der Waals surface area contributed by atoms with Gasteiger partial charge in [0.25, 0.3) is 0 Å². The summed E-state index contributed by atoms with van der Waals surface area (Å²) >= 11 is 0. The second kappa shape index (κ2) is 7.87. The third kappa shape index (κ3) is 5.52. The molecule has 0 aliphatic heterocycles. The lowest BCUT2D eigenvalue weighted by atomic mass is 10.2. The summed E-state index contributed by atoms with van der Waals surface area (Å²) in [4.78, 5) is 15.4. The molecule has 0 amide bonds. The number of esters is 1. The van der Waals surface area contributed by atoms with Crippen LogP contribution < -0.4 is 0 Å². The van der Waals surface area contributed by atoms with Crippen LogP contribution in [0.25, 0.3) is 0 Å². The van der Waals surface area contributed by atoms with Crippen molar-refractivity contribution in [1.29, 1.82) is 0 Å². The van der Waals surface area contributed by atoms with Crippen LogP contribution in [0.2, 0.25) is 0 Å². The molecular weight excluding hydrogens is 216 g/mol. The first-order valence-electron chi connectivity index (χ1n) is 6.37. The fraction of sp³-hybridized carbons (Fsp3) is 0.692. The molecule has 17 heavy (non-hydrogen) atoms. The third-order valence-electron chi connectivity index (χ3n) is 2.67. The highest BCUT2D eigenvalue weighted by atomic mass is 16.5. The van der Waals surface area contributed by atoms with Gasteiger partial charge in [0.1, 0.15) is 5.82 Å². The van der Waals surface area contributed by atoms with Crippen molar-refractivity contribution in [3.8, 4) is 0 Å². The minimum Gasteiger partial charge on any atom is -0.466 e. The summed E-state index contributed by atoms with van der Waals surface area (Å²) in [5, 5.41) is 0. The number of hydrogen-bond donors (Lipinski definition) is 0. The molecule has 4 heteroatoms. The van der Waals surface area contributed by atoms with Gasteiger partial charge in [-0.1, -0.05) is 13.3 Å². The van der Waals surface area contributed by atoms with Crippen LogP contribution in [0.1, 0.15) is 44.9 Å². The average Bonchev–Trinajstić information content (AvgIpc) is 2.72. The van der Waals surface area contributed by atoms with Crippen molar-refractivity contribution >= 4 is 5.97 Å². The number of ether oxygens (including phenoxy) is 1. The van der Waals surface area contributed by atoms with E-state index in [0.29, 0.717) is 13.0 Å². The van der Waals surface area contributed by atoms with Crippen LogP contribution in [0.15, 0.2) is 12.4 Å². The quantitative estimate of drug-likeness (QED) is 0.516. The molecule has 1 aromatic rings. The second-order valence-electron chi connectivity index (χ2n) is 4.20. The van der Waals surface area contributed by atoms with E-state index < -0.39 is 0 Å². The molecule has 1 heterocycles. The van der Waals surface area contributed by atoms with Crippen molar-refractivity contribution in [3.63, 3.8) is 0 Å². The van der Waals surface area contributed by atoms with Crippen LogP contribution in [0.5, 0.6) is 0 Å². The van der Waals surface area contributed by atoms with E-state index >= 15 is 0 Å². The highest BCUT2D eigenvalue weighted by molar-refractivity contribution is 5.69. The lowest BCUT2D eigenvalue weighted by molar-refractivity contribution is -0.143. The fourth-order valence-corrected chi connectivity index (χ4v) is 1.66. The van der Waals surface area contributed by atoms with Gasteiger partial charge in [-0.05, 0) is 26.2 Å². The normalized spacial score (nSPS) is 10.5. The Labute approximate surface area is 103 Å². The van der Waals surface area contributed by atoms with E-state index in [-0.39, 0.29) is 5.97 Å². The van der Waals surface area contributed by atoms with Crippen LogP contribution in [-0.2, 0) is 16.1 Å². The maximum Gasteiger partial charge on any atom is 0.305 e. The van der Waals surface area contributed by atoms with E-state index in [1.165, 1.54) is 0 Å². The standard InChI is InChI=1S/C13H22N2O2/c1-3-11-17-13(16)7-5-4-6-9-15-10-8-14-12(15)2/h8,10H,3-7,9,11H2,1-2H3. The summed E-state index contributed by atoms with van der Waals surface area (Å²) < 4.78 is 7.14. The maximum atomic E-state index is 11.2. The molecule has 0 saturated heterocycles. The van der Waals surface area contributed by atoms with Crippen molar-refractivity contribution in [3.05, 3.63) is 18.2 Å². The predicted octanol–water partition coefficient (Wildman–Crippen LogP) is 2.71. The van der Waals surface area contributed by atoms with Gasteiger partial charge in [0.15, 0.2) is 0 Å². The first kappa shape index (κ1) is 13.7. The van der Waals surface area contributed by atoms with Gasteiger partial charge in [-0.15, -0.1) is 0 Å². The molecular formula is C13H22N2O2. The molecule has 1 aromatic heterocycles. The maximum absolute atomic E-state index is 11.2. The van der Waals surface area contributed by atoms with Gasteiger partial charge in [0.05, 0.1) is 6.61 Å². The number of aromatic nitrogens is 2. The summed E-state index contributed by atoms with van der Waals surface area (Å²) in [5.41, 5.74) is 0. The average molecular weight is 238 g/mol. The Hall–Kier alpha value is -1.32. The zero-order valence-corrected chi connectivity index (χ0v) is 10.8. The Kier molecular flexibility index (Phi) is 6.37. The van der Waals surface area contributed by atoms with Crippen LogP contribution in [-0.4, -0.2) is 22.1 Å². The summed E-state index contributed by atoms with van der Waals surface area (Å²) in [7, 11) is 0. The van der Waals surface area contributed by atoms with E-state index in [2.05, 4.69) is 9.55 Å². The van der Waals surface area contributed by atoms with E-state index in [9.17, 15) is 4.79 Å². The number of hydrogen-bond acceptors (Lipinski definition) is 3. The largest absolute Gasteiger partial charge is 0.466 e. The lowest BCUT2D eigenvalue weighted by Gasteiger charge is -2.05. The SMILES string of the molecule is CCCOC(=O)CCCCCn1ccnc1C. The number of unbranched alkanes of at least 4 members (excludes halogenated alkanes) is 2. The lowest BCUT2D eigenvalue weighted by Crippen LogP contribution is -2.05. The smallest absolute Gasteiger partial charge is 0.305 e. The highest BCUT2D eigenvalue weighted by Crippen LogP contribution is 2.05. The first-order valence-corrected chi connectivity index (χ1v) is 6.37. The number of imidazole rings is 1. The van der Waals surface area contributed by atoms with Crippen LogP contribution in [0.4, 0.5) is 0 Å². The zero-order chi connectivity index (χ0) is 12.5. The Morgan fingerprint density at radius 3 is 2.88 bits per heavy atom. The summed E-state index contributed by atoms with van der Waals surface area (Å²) in [5.74, 6) is 0.984. The van der Waals surface area contributed by atoms with Gasteiger partial charge in [0.2, 0.25) is 0 Å². The highest BCUT2D eigenvalue weighted by Gasteiger charge is 2.02. The summed E-state index contributed by atoms with van der Waals surface area (Å²) in [6, 6.07) is 0. The molecule has 0 spiro atoms. The molecule has 0 aromatic carbocycles. The first-order chi connectivity index (χ1) is 8.24. The van der Waals surface area contributed by atoms with Crippen LogP contribution in [0, 0.1) is 6.92 Å². The molecule has 0 bridgehead atoms. The zero-order valence-electron chi connectivity index (χ0n) is 10.8. The topological polar surface area (TPSA) is 44.1 Å². The van der Waals surface area contributed by atoms with Crippen molar-refractivity contribution in [2.24, 2.45) is 0 Å². The van der Waals surface area contributed by atoms with Crippen molar-refractivity contribution in [1.82, 2.24) is 9.55 Å². The molecule has 0 unspecified atom stereocenters. The Balaban J connectivity index is 2.01. The second-order valence-corrected chi connectivity index (χ2v) is 4.20. The van der Waals surface area contributed by atoms with E-state index in [1.54, 1.807) is 0 Å². The van der Waals surface area contributed by atoms with Crippen LogP contribution >= 0.6 is 0 Å². The Bertz CT molecular complexity index is 334. The molecule has 0 aliphatic rings.